The van der Waals surface area contributed by atoms with Gasteiger partial charge in [-0.25, -0.2) is 0 Å². The van der Waals surface area contributed by atoms with Crippen molar-refractivity contribution in [2.75, 3.05) is 26.9 Å². The van der Waals surface area contributed by atoms with Gasteiger partial charge in [0.15, 0.2) is 0 Å². The number of ether oxygens (including phenoxy) is 3. The van der Waals surface area contributed by atoms with E-state index in [1.807, 2.05) is 20.8 Å². The Balaban J connectivity index is 3.87. The molecule has 0 spiro atoms. The molecule has 0 heterocycles. The van der Waals surface area contributed by atoms with Gasteiger partial charge in [0, 0.05) is 13.5 Å². The lowest BCUT2D eigenvalue weighted by molar-refractivity contribution is -0.159. The van der Waals surface area contributed by atoms with Crippen LogP contribution in [0.15, 0.2) is 0 Å². The van der Waals surface area contributed by atoms with Crippen LogP contribution in [0.4, 0.5) is 0 Å². The molecule has 0 aliphatic carbocycles. The van der Waals surface area contributed by atoms with E-state index < -0.39 is 5.41 Å². The second-order valence-corrected chi connectivity index (χ2v) is 4.81. The van der Waals surface area contributed by atoms with Gasteiger partial charge in [0.2, 0.25) is 0 Å². The predicted octanol–water partition coefficient (Wildman–Crippen LogP) is 2.33. The van der Waals surface area contributed by atoms with Gasteiger partial charge in [-0.15, -0.1) is 0 Å². The van der Waals surface area contributed by atoms with Crippen LogP contribution < -0.4 is 0 Å². The van der Waals surface area contributed by atoms with Crippen molar-refractivity contribution >= 4 is 11.9 Å². The van der Waals surface area contributed by atoms with E-state index in [2.05, 4.69) is 0 Å². The average Bonchev–Trinajstić information content (AvgIpc) is 2.41. The highest BCUT2D eigenvalue weighted by molar-refractivity contribution is 5.76. The Morgan fingerprint density at radius 1 is 1.11 bits per heavy atom. The lowest BCUT2D eigenvalue weighted by Crippen LogP contribution is -2.34. The van der Waals surface area contributed by atoms with E-state index in [9.17, 15) is 9.59 Å². The minimum Gasteiger partial charge on any atom is -0.466 e. The predicted molar refractivity (Wildman–Crippen MR) is 71.7 cm³/mol. The van der Waals surface area contributed by atoms with Crippen molar-refractivity contribution in [3.63, 3.8) is 0 Å². The van der Waals surface area contributed by atoms with Gasteiger partial charge in [-0.05, 0) is 26.2 Å². The maximum absolute atomic E-state index is 11.9. The molecule has 0 bridgehead atoms. The Bertz CT molecular complexity index is 277. The molecule has 0 rings (SSSR count). The summed E-state index contributed by atoms with van der Waals surface area (Å²) in [6.07, 6.45) is 2.23. The van der Waals surface area contributed by atoms with Crippen molar-refractivity contribution in [2.45, 2.75) is 46.5 Å². The van der Waals surface area contributed by atoms with Crippen LogP contribution in [-0.2, 0) is 23.8 Å². The zero-order valence-corrected chi connectivity index (χ0v) is 12.5. The SMILES string of the molecule is CCCOC(=O)CCCOC(=O)C(C)(CC)COC. The van der Waals surface area contributed by atoms with Gasteiger partial charge in [-0.2, -0.15) is 0 Å². The first kappa shape index (κ1) is 17.9. The summed E-state index contributed by atoms with van der Waals surface area (Å²) in [6, 6.07) is 0. The van der Waals surface area contributed by atoms with Crippen LogP contribution in [0, 0.1) is 5.41 Å². The standard InChI is InChI=1S/C14H26O5/c1-5-9-18-12(15)8-7-10-19-13(16)14(3,6-2)11-17-4/h5-11H2,1-4H3. The summed E-state index contributed by atoms with van der Waals surface area (Å²) in [6.45, 7) is 6.69. The zero-order valence-electron chi connectivity index (χ0n) is 12.5. The number of hydrogen-bond donors (Lipinski definition) is 0. The summed E-state index contributed by atoms with van der Waals surface area (Å²) in [5.74, 6) is -0.521. The van der Waals surface area contributed by atoms with Gasteiger partial charge in [-0.1, -0.05) is 13.8 Å². The largest absolute Gasteiger partial charge is 0.466 e. The van der Waals surface area contributed by atoms with Crippen molar-refractivity contribution < 1.29 is 23.8 Å². The normalized spacial score (nSPS) is 13.7. The highest BCUT2D eigenvalue weighted by Crippen LogP contribution is 2.23. The Kier molecular flexibility index (Phi) is 9.21. The van der Waals surface area contributed by atoms with Crippen molar-refractivity contribution in [2.24, 2.45) is 5.41 Å². The fourth-order valence-electron chi connectivity index (χ4n) is 1.47. The molecule has 5 nitrogen and oxygen atoms in total. The number of rotatable bonds is 10. The first-order valence-electron chi connectivity index (χ1n) is 6.82. The maximum atomic E-state index is 11.9. The molecule has 0 aromatic rings. The van der Waals surface area contributed by atoms with Crippen molar-refractivity contribution in [3.05, 3.63) is 0 Å². The van der Waals surface area contributed by atoms with Crippen LogP contribution in [0.1, 0.15) is 46.5 Å². The van der Waals surface area contributed by atoms with Crippen molar-refractivity contribution in [3.8, 4) is 0 Å². The third-order valence-electron chi connectivity index (χ3n) is 2.96. The van der Waals surface area contributed by atoms with Crippen LogP contribution in [0.2, 0.25) is 0 Å². The van der Waals surface area contributed by atoms with Gasteiger partial charge in [0.05, 0.1) is 25.2 Å². The molecule has 0 saturated heterocycles. The fraction of sp³-hybridized carbons (Fsp3) is 0.857. The molecule has 0 saturated carbocycles. The maximum Gasteiger partial charge on any atom is 0.314 e. The van der Waals surface area contributed by atoms with Gasteiger partial charge < -0.3 is 14.2 Å². The number of carbonyl (C=O) groups excluding carboxylic acids is 2. The van der Waals surface area contributed by atoms with E-state index in [4.69, 9.17) is 14.2 Å². The number of esters is 2. The molecular formula is C14H26O5. The molecule has 0 aliphatic rings. The van der Waals surface area contributed by atoms with Gasteiger partial charge >= 0.3 is 11.9 Å². The molecule has 0 amide bonds. The molecule has 0 radical (unpaired) electrons. The highest BCUT2D eigenvalue weighted by Gasteiger charge is 2.32. The summed E-state index contributed by atoms with van der Waals surface area (Å²) in [7, 11) is 1.56. The molecule has 5 heteroatoms. The molecule has 19 heavy (non-hydrogen) atoms. The van der Waals surface area contributed by atoms with E-state index in [0.717, 1.165) is 6.42 Å². The van der Waals surface area contributed by atoms with E-state index in [1.54, 1.807) is 7.11 Å². The van der Waals surface area contributed by atoms with Gasteiger partial charge in [0.1, 0.15) is 0 Å². The minimum absolute atomic E-state index is 0.235. The third kappa shape index (κ3) is 7.15. The monoisotopic (exact) mass is 274 g/mol. The summed E-state index contributed by atoms with van der Waals surface area (Å²) >= 11 is 0. The van der Waals surface area contributed by atoms with Crippen LogP contribution in [0.5, 0.6) is 0 Å². The summed E-state index contributed by atoms with van der Waals surface area (Å²) in [5, 5.41) is 0. The lowest BCUT2D eigenvalue weighted by Gasteiger charge is -2.24. The van der Waals surface area contributed by atoms with Crippen molar-refractivity contribution in [1.82, 2.24) is 0 Å². The Morgan fingerprint density at radius 2 is 1.79 bits per heavy atom. The fourth-order valence-corrected chi connectivity index (χ4v) is 1.47. The molecule has 0 aromatic carbocycles. The van der Waals surface area contributed by atoms with E-state index in [0.29, 0.717) is 26.1 Å². The molecule has 0 aliphatic heterocycles. The molecule has 112 valence electrons. The van der Waals surface area contributed by atoms with Crippen LogP contribution in [0.3, 0.4) is 0 Å². The average molecular weight is 274 g/mol. The second kappa shape index (κ2) is 9.78. The number of hydrogen-bond acceptors (Lipinski definition) is 5. The van der Waals surface area contributed by atoms with Crippen LogP contribution >= 0.6 is 0 Å². The number of methoxy groups -OCH3 is 1. The van der Waals surface area contributed by atoms with Crippen LogP contribution in [0.25, 0.3) is 0 Å². The first-order chi connectivity index (χ1) is 9.00. The van der Waals surface area contributed by atoms with Gasteiger partial charge in [-0.3, -0.25) is 9.59 Å². The first-order valence-corrected chi connectivity index (χ1v) is 6.82. The van der Waals surface area contributed by atoms with E-state index in [-0.39, 0.29) is 25.0 Å². The van der Waals surface area contributed by atoms with Crippen LogP contribution in [-0.4, -0.2) is 38.9 Å². The highest BCUT2D eigenvalue weighted by atomic mass is 16.5. The Hall–Kier alpha value is -1.10. The second-order valence-electron chi connectivity index (χ2n) is 4.81. The Morgan fingerprint density at radius 3 is 2.32 bits per heavy atom. The lowest BCUT2D eigenvalue weighted by atomic mass is 9.89. The summed E-state index contributed by atoms with van der Waals surface area (Å²) in [4.78, 5) is 23.1. The molecule has 0 fully saturated rings. The van der Waals surface area contributed by atoms with E-state index in [1.165, 1.54) is 0 Å². The molecule has 0 N–H and O–H groups in total. The number of carbonyl (C=O) groups is 2. The third-order valence-corrected chi connectivity index (χ3v) is 2.96. The van der Waals surface area contributed by atoms with Gasteiger partial charge in [0.25, 0.3) is 0 Å². The molecule has 1 atom stereocenters. The minimum atomic E-state index is -0.614. The van der Waals surface area contributed by atoms with E-state index >= 15 is 0 Å². The molecule has 0 aromatic heterocycles. The topological polar surface area (TPSA) is 61.8 Å². The molecule has 1 unspecified atom stereocenters. The summed E-state index contributed by atoms with van der Waals surface area (Å²) in [5.41, 5.74) is -0.614. The molecular weight excluding hydrogens is 248 g/mol. The zero-order chi connectivity index (χ0) is 14.7. The summed E-state index contributed by atoms with van der Waals surface area (Å²) < 4.78 is 15.1. The van der Waals surface area contributed by atoms with Crippen molar-refractivity contribution in [1.29, 1.82) is 0 Å². The smallest absolute Gasteiger partial charge is 0.314 e. The quantitative estimate of drug-likeness (QED) is 0.452. The Labute approximate surface area is 115 Å².